The molecule has 1 unspecified atom stereocenters. The molecule has 5 nitrogen and oxygen atoms in total. The lowest BCUT2D eigenvalue weighted by Crippen LogP contribution is -2.05. The van der Waals surface area contributed by atoms with E-state index in [0.717, 1.165) is 24.0 Å². The fourth-order valence-electron chi connectivity index (χ4n) is 2.11. The Morgan fingerprint density at radius 1 is 1.28 bits per heavy atom. The van der Waals surface area contributed by atoms with Crippen molar-refractivity contribution in [3.63, 3.8) is 0 Å². The van der Waals surface area contributed by atoms with Gasteiger partial charge >= 0.3 is 0 Å². The largest absolute Gasteiger partial charge is 0.516 e. The number of aliphatic hydroxyl groups is 1. The van der Waals surface area contributed by atoms with Crippen LogP contribution in [0.2, 0.25) is 0 Å². The number of benzene rings is 1. The predicted molar refractivity (Wildman–Crippen MR) is 97.5 cm³/mol. The Kier molecular flexibility index (Phi) is 6.39. The molecule has 0 fully saturated rings. The van der Waals surface area contributed by atoms with Crippen LogP contribution in [0.4, 0.5) is 4.39 Å². The number of aliphatic hydroxyl groups excluding tert-OH is 1. The Labute approximate surface area is 146 Å². The van der Waals surface area contributed by atoms with Gasteiger partial charge in [-0.2, -0.15) is 0 Å². The molecule has 0 saturated heterocycles. The van der Waals surface area contributed by atoms with Crippen LogP contribution in [0, 0.1) is 11.7 Å². The zero-order chi connectivity index (χ0) is 18.2. The molecule has 0 aliphatic rings. The Balaban J connectivity index is 0.000000511. The number of fused-ring (bicyclic) bond motifs is 1. The van der Waals surface area contributed by atoms with Crippen LogP contribution in [-0.2, 0) is 6.54 Å². The smallest absolute Gasteiger partial charge is 0.197 e. The van der Waals surface area contributed by atoms with Crippen molar-refractivity contribution in [1.29, 1.82) is 0 Å². The molecular formula is C19H21FN4O. The Morgan fingerprint density at radius 3 is 2.56 bits per heavy atom. The van der Waals surface area contributed by atoms with E-state index < -0.39 is 0 Å². The van der Waals surface area contributed by atoms with Crippen molar-refractivity contribution < 1.29 is 9.50 Å². The second-order valence-corrected chi connectivity index (χ2v) is 5.50. The van der Waals surface area contributed by atoms with E-state index in [9.17, 15) is 4.39 Å². The second kappa shape index (κ2) is 8.73. The molecule has 0 aliphatic carbocycles. The van der Waals surface area contributed by atoms with Crippen LogP contribution in [0.5, 0.6) is 0 Å². The first-order valence-corrected chi connectivity index (χ1v) is 7.90. The lowest BCUT2D eigenvalue weighted by atomic mass is 10.1. The molecule has 130 valence electrons. The molecule has 0 aliphatic heterocycles. The number of nitrogens with zero attached hydrogens (tertiary/aromatic N) is 4. The summed E-state index contributed by atoms with van der Waals surface area (Å²) in [7, 11) is 0. The quantitative estimate of drug-likeness (QED) is 0.560. The van der Waals surface area contributed by atoms with Gasteiger partial charge in [-0.05, 0) is 37.1 Å². The summed E-state index contributed by atoms with van der Waals surface area (Å²) < 4.78 is 15.0. The number of allylic oxidation sites excluding steroid dienone is 2. The molecule has 0 amide bonds. The zero-order valence-electron chi connectivity index (χ0n) is 14.3. The van der Waals surface area contributed by atoms with Crippen LogP contribution in [0.25, 0.3) is 22.6 Å². The minimum absolute atomic E-state index is 0.266. The van der Waals surface area contributed by atoms with Crippen molar-refractivity contribution in [2.24, 2.45) is 5.92 Å². The van der Waals surface area contributed by atoms with Crippen molar-refractivity contribution in [2.45, 2.75) is 20.4 Å². The van der Waals surface area contributed by atoms with E-state index >= 15 is 0 Å². The van der Waals surface area contributed by atoms with Gasteiger partial charge in [0.1, 0.15) is 5.82 Å². The van der Waals surface area contributed by atoms with Crippen molar-refractivity contribution in [3.8, 4) is 11.3 Å². The Morgan fingerprint density at radius 2 is 1.96 bits per heavy atom. The molecule has 25 heavy (non-hydrogen) atoms. The van der Waals surface area contributed by atoms with E-state index in [1.165, 1.54) is 12.1 Å². The number of halogens is 1. The van der Waals surface area contributed by atoms with Crippen LogP contribution < -0.4 is 0 Å². The van der Waals surface area contributed by atoms with Crippen molar-refractivity contribution >= 4 is 11.3 Å². The molecule has 2 aromatic heterocycles. The van der Waals surface area contributed by atoms with E-state index in [2.05, 4.69) is 28.5 Å². The predicted octanol–water partition coefficient (Wildman–Crippen LogP) is 4.53. The molecular weight excluding hydrogens is 319 g/mol. The average Bonchev–Trinajstić information content (AvgIpc) is 3.04. The highest BCUT2D eigenvalue weighted by Gasteiger charge is 2.09. The molecule has 3 rings (SSSR count). The van der Waals surface area contributed by atoms with E-state index in [4.69, 9.17) is 5.11 Å². The highest BCUT2D eigenvalue weighted by atomic mass is 19.1. The van der Waals surface area contributed by atoms with E-state index in [-0.39, 0.29) is 5.82 Å². The van der Waals surface area contributed by atoms with Gasteiger partial charge in [0, 0.05) is 12.1 Å². The lowest BCUT2D eigenvalue weighted by Gasteiger charge is -2.08. The van der Waals surface area contributed by atoms with Crippen LogP contribution in [0.15, 0.2) is 61.8 Å². The summed E-state index contributed by atoms with van der Waals surface area (Å²) in [4.78, 5) is 13.2. The summed E-state index contributed by atoms with van der Waals surface area (Å²) in [6.45, 7) is 8.37. The van der Waals surface area contributed by atoms with Gasteiger partial charge in [0.25, 0.3) is 0 Å². The standard InChI is InChI=1S/C16H15FN4.C3H6O/c1-3-11(2)9-21-10-19-15-16(21)20-14(8-18-15)12-4-6-13(17)7-5-12;1-2-3-4/h3-8,10-11H,1,9H2,2H3;2-4H,1H3/b;3-2+. The molecule has 1 atom stereocenters. The van der Waals surface area contributed by atoms with Crippen LogP contribution in [0.3, 0.4) is 0 Å². The van der Waals surface area contributed by atoms with Crippen LogP contribution in [0.1, 0.15) is 13.8 Å². The number of imidazole rings is 1. The van der Waals surface area contributed by atoms with Gasteiger partial charge in [-0.1, -0.05) is 19.1 Å². The zero-order valence-corrected chi connectivity index (χ0v) is 14.3. The first-order valence-electron chi connectivity index (χ1n) is 7.90. The molecule has 0 radical (unpaired) electrons. The fraction of sp³-hybridized carbons (Fsp3) is 0.211. The third kappa shape index (κ3) is 4.73. The molecule has 0 saturated carbocycles. The van der Waals surface area contributed by atoms with E-state index in [1.807, 2.05) is 10.6 Å². The van der Waals surface area contributed by atoms with Crippen LogP contribution >= 0.6 is 0 Å². The molecule has 3 aromatic rings. The molecule has 1 N–H and O–H groups in total. The monoisotopic (exact) mass is 340 g/mol. The van der Waals surface area contributed by atoms with Gasteiger partial charge in [0.15, 0.2) is 11.3 Å². The summed E-state index contributed by atoms with van der Waals surface area (Å²) in [6, 6.07) is 6.22. The number of rotatable bonds is 4. The maximum absolute atomic E-state index is 13.0. The topological polar surface area (TPSA) is 63.8 Å². The van der Waals surface area contributed by atoms with Gasteiger partial charge in [-0.15, -0.1) is 6.58 Å². The van der Waals surface area contributed by atoms with Gasteiger partial charge < -0.3 is 9.67 Å². The second-order valence-electron chi connectivity index (χ2n) is 5.50. The number of aromatic nitrogens is 4. The highest BCUT2D eigenvalue weighted by Crippen LogP contribution is 2.19. The summed E-state index contributed by atoms with van der Waals surface area (Å²) in [5.41, 5.74) is 2.87. The fourth-order valence-corrected chi connectivity index (χ4v) is 2.11. The minimum atomic E-state index is -0.266. The van der Waals surface area contributed by atoms with Gasteiger partial charge in [0.2, 0.25) is 0 Å². The van der Waals surface area contributed by atoms with Crippen molar-refractivity contribution in [1.82, 2.24) is 19.5 Å². The summed E-state index contributed by atoms with van der Waals surface area (Å²) >= 11 is 0. The van der Waals surface area contributed by atoms with E-state index in [1.54, 1.807) is 37.7 Å². The number of hydrogen-bond donors (Lipinski definition) is 1. The van der Waals surface area contributed by atoms with Gasteiger partial charge in [0.05, 0.1) is 24.5 Å². The molecule has 0 spiro atoms. The maximum Gasteiger partial charge on any atom is 0.197 e. The van der Waals surface area contributed by atoms with Gasteiger partial charge in [-0.25, -0.2) is 19.3 Å². The third-order valence-electron chi connectivity index (χ3n) is 3.50. The first kappa shape index (κ1) is 18.3. The maximum atomic E-state index is 13.0. The molecule has 2 heterocycles. The SMILES string of the molecule is C/C=C/O.C=CC(C)Cn1cnc2ncc(-c3ccc(F)cc3)nc21. The van der Waals surface area contributed by atoms with E-state index in [0.29, 0.717) is 17.3 Å². The number of hydrogen-bond acceptors (Lipinski definition) is 4. The van der Waals surface area contributed by atoms with Crippen molar-refractivity contribution in [2.75, 3.05) is 0 Å². The highest BCUT2D eigenvalue weighted by molar-refractivity contribution is 5.70. The molecule has 1 aromatic carbocycles. The average molecular weight is 340 g/mol. The third-order valence-corrected chi connectivity index (χ3v) is 3.50. The summed E-state index contributed by atoms with van der Waals surface area (Å²) in [5, 5.41) is 7.69. The minimum Gasteiger partial charge on any atom is -0.516 e. The van der Waals surface area contributed by atoms with Crippen molar-refractivity contribution in [3.05, 3.63) is 67.6 Å². The molecule has 0 bridgehead atoms. The Bertz CT molecular complexity index is 851. The van der Waals surface area contributed by atoms with Crippen LogP contribution in [-0.4, -0.2) is 24.6 Å². The Hall–Kier alpha value is -3.02. The summed E-state index contributed by atoms with van der Waals surface area (Å²) in [5.74, 6) is 0.0521. The first-order chi connectivity index (χ1) is 12.1. The summed E-state index contributed by atoms with van der Waals surface area (Å²) in [6.07, 6.45) is 7.84. The van der Waals surface area contributed by atoms with Gasteiger partial charge in [-0.3, -0.25) is 0 Å². The normalized spacial score (nSPS) is 12.0. The lowest BCUT2D eigenvalue weighted by molar-refractivity contribution is 0.472. The molecule has 6 heteroatoms.